The lowest BCUT2D eigenvalue weighted by Gasteiger charge is -2.11. The van der Waals surface area contributed by atoms with Gasteiger partial charge in [-0.3, -0.25) is 9.36 Å². The maximum atomic E-state index is 12.6. The van der Waals surface area contributed by atoms with Crippen molar-refractivity contribution < 1.29 is 14.3 Å². The van der Waals surface area contributed by atoms with Crippen LogP contribution < -0.4 is 5.32 Å². The van der Waals surface area contributed by atoms with E-state index >= 15 is 0 Å². The molecule has 0 spiro atoms. The number of aryl methyl sites for hydroxylation is 2. The number of rotatable bonds is 9. The first-order valence-electron chi connectivity index (χ1n) is 11.3. The number of aromatic nitrogens is 4. The van der Waals surface area contributed by atoms with Crippen molar-refractivity contribution in [2.24, 2.45) is 7.05 Å². The SMILES string of the molecule is CCOC(=O)c1ccc(NC(=O)CSc2nnc(Cc3cccn3C)n2-c2ccc(C)cc2)cc1. The normalized spacial score (nSPS) is 10.8. The molecule has 0 saturated carbocycles. The van der Waals surface area contributed by atoms with Gasteiger partial charge < -0.3 is 14.6 Å². The van der Waals surface area contributed by atoms with Gasteiger partial charge in [-0.05, 0) is 62.4 Å². The lowest BCUT2D eigenvalue weighted by Crippen LogP contribution is -2.15. The van der Waals surface area contributed by atoms with Gasteiger partial charge in [0.25, 0.3) is 0 Å². The van der Waals surface area contributed by atoms with Crippen LogP contribution in [0.4, 0.5) is 5.69 Å². The number of ether oxygens (including phenoxy) is 1. The summed E-state index contributed by atoms with van der Waals surface area (Å²) in [5.74, 6) is 0.394. The van der Waals surface area contributed by atoms with E-state index in [1.165, 1.54) is 11.8 Å². The molecule has 8 nitrogen and oxygen atoms in total. The number of thioether (sulfide) groups is 1. The second kappa shape index (κ2) is 11.1. The summed E-state index contributed by atoms with van der Waals surface area (Å²) in [6.07, 6.45) is 2.62. The summed E-state index contributed by atoms with van der Waals surface area (Å²) >= 11 is 1.32. The first-order valence-corrected chi connectivity index (χ1v) is 12.2. The molecule has 0 fully saturated rings. The fraction of sp³-hybridized carbons (Fsp3) is 0.231. The Hall–Kier alpha value is -3.85. The van der Waals surface area contributed by atoms with E-state index in [0.29, 0.717) is 29.4 Å². The zero-order chi connectivity index (χ0) is 24.8. The second-order valence-electron chi connectivity index (χ2n) is 7.99. The van der Waals surface area contributed by atoms with Crippen LogP contribution in [0.1, 0.15) is 34.4 Å². The third-order valence-corrected chi connectivity index (χ3v) is 6.32. The highest BCUT2D eigenvalue weighted by Crippen LogP contribution is 2.24. The van der Waals surface area contributed by atoms with Crippen LogP contribution in [0.15, 0.2) is 72.0 Å². The van der Waals surface area contributed by atoms with Gasteiger partial charge in [-0.15, -0.1) is 10.2 Å². The van der Waals surface area contributed by atoms with Crippen LogP contribution in [0.5, 0.6) is 0 Å². The molecule has 1 amide bonds. The lowest BCUT2D eigenvalue weighted by atomic mass is 10.2. The molecule has 0 saturated heterocycles. The Labute approximate surface area is 208 Å². The molecule has 0 radical (unpaired) electrons. The Balaban J connectivity index is 1.47. The summed E-state index contributed by atoms with van der Waals surface area (Å²) in [7, 11) is 2.00. The van der Waals surface area contributed by atoms with Crippen molar-refractivity contribution in [3.05, 3.63) is 89.5 Å². The molecule has 2 heterocycles. The minimum absolute atomic E-state index is 0.160. The van der Waals surface area contributed by atoms with E-state index in [1.54, 1.807) is 31.2 Å². The van der Waals surface area contributed by atoms with Gasteiger partial charge in [0, 0.05) is 36.7 Å². The highest BCUT2D eigenvalue weighted by molar-refractivity contribution is 7.99. The molecule has 35 heavy (non-hydrogen) atoms. The number of anilines is 1. The summed E-state index contributed by atoms with van der Waals surface area (Å²) in [4.78, 5) is 24.4. The molecule has 0 aliphatic heterocycles. The third kappa shape index (κ3) is 5.99. The van der Waals surface area contributed by atoms with Crippen LogP contribution in [0.3, 0.4) is 0 Å². The monoisotopic (exact) mass is 489 g/mol. The Bertz CT molecular complexity index is 1310. The molecule has 9 heteroatoms. The topological polar surface area (TPSA) is 91.0 Å². The van der Waals surface area contributed by atoms with Gasteiger partial charge in [0.1, 0.15) is 5.82 Å². The molecular weight excluding hydrogens is 462 g/mol. The van der Waals surface area contributed by atoms with E-state index in [-0.39, 0.29) is 17.6 Å². The molecular formula is C26H27N5O3S. The van der Waals surface area contributed by atoms with Gasteiger partial charge in [0.2, 0.25) is 5.91 Å². The van der Waals surface area contributed by atoms with Crippen molar-refractivity contribution >= 4 is 29.3 Å². The minimum atomic E-state index is -0.387. The molecule has 0 bridgehead atoms. The van der Waals surface area contributed by atoms with E-state index in [2.05, 4.69) is 26.1 Å². The fourth-order valence-corrected chi connectivity index (χ4v) is 4.31. The molecule has 2 aromatic heterocycles. The van der Waals surface area contributed by atoms with Gasteiger partial charge in [0.05, 0.1) is 17.9 Å². The predicted octanol–water partition coefficient (Wildman–Crippen LogP) is 4.41. The van der Waals surface area contributed by atoms with Crippen LogP contribution in [0.25, 0.3) is 5.69 Å². The van der Waals surface area contributed by atoms with Crippen molar-refractivity contribution in [3.8, 4) is 5.69 Å². The molecule has 0 atom stereocenters. The van der Waals surface area contributed by atoms with Crippen LogP contribution >= 0.6 is 11.8 Å². The Kier molecular flexibility index (Phi) is 7.67. The zero-order valence-corrected chi connectivity index (χ0v) is 20.7. The predicted molar refractivity (Wildman–Crippen MR) is 136 cm³/mol. The highest BCUT2D eigenvalue weighted by Gasteiger charge is 2.17. The fourth-order valence-electron chi connectivity index (χ4n) is 3.53. The average molecular weight is 490 g/mol. The van der Waals surface area contributed by atoms with Gasteiger partial charge in [0.15, 0.2) is 5.16 Å². The number of hydrogen-bond donors (Lipinski definition) is 1. The number of nitrogens with one attached hydrogen (secondary N) is 1. The van der Waals surface area contributed by atoms with Crippen molar-refractivity contribution in [2.45, 2.75) is 25.4 Å². The van der Waals surface area contributed by atoms with Gasteiger partial charge in [-0.1, -0.05) is 29.5 Å². The van der Waals surface area contributed by atoms with Gasteiger partial charge in [-0.25, -0.2) is 4.79 Å². The van der Waals surface area contributed by atoms with Crippen molar-refractivity contribution in [1.29, 1.82) is 0 Å². The third-order valence-electron chi connectivity index (χ3n) is 5.40. The number of carbonyl (C=O) groups excluding carboxylic acids is 2. The van der Waals surface area contributed by atoms with E-state index < -0.39 is 0 Å². The van der Waals surface area contributed by atoms with Crippen LogP contribution in [0, 0.1) is 6.92 Å². The first-order chi connectivity index (χ1) is 16.9. The van der Waals surface area contributed by atoms with E-state index in [4.69, 9.17) is 4.74 Å². The molecule has 1 N–H and O–H groups in total. The molecule has 180 valence electrons. The van der Waals surface area contributed by atoms with E-state index in [9.17, 15) is 9.59 Å². The first kappa shape index (κ1) is 24.3. The summed E-state index contributed by atoms with van der Waals surface area (Å²) in [6, 6.07) is 18.8. The number of hydrogen-bond acceptors (Lipinski definition) is 6. The summed E-state index contributed by atoms with van der Waals surface area (Å²) in [5, 5.41) is 12.3. The quantitative estimate of drug-likeness (QED) is 0.277. The number of nitrogens with zero attached hydrogens (tertiary/aromatic N) is 4. The van der Waals surface area contributed by atoms with Crippen LogP contribution in [-0.4, -0.2) is 43.6 Å². The molecule has 0 aliphatic rings. The Morgan fingerprint density at radius 1 is 1.03 bits per heavy atom. The lowest BCUT2D eigenvalue weighted by molar-refractivity contribution is -0.113. The number of benzene rings is 2. The molecule has 2 aromatic carbocycles. The van der Waals surface area contributed by atoms with E-state index in [0.717, 1.165) is 22.8 Å². The molecule has 0 unspecified atom stereocenters. The molecule has 4 aromatic rings. The van der Waals surface area contributed by atoms with Gasteiger partial charge in [-0.2, -0.15) is 0 Å². The number of amides is 1. The number of esters is 1. The van der Waals surface area contributed by atoms with Crippen molar-refractivity contribution in [2.75, 3.05) is 17.7 Å². The zero-order valence-electron chi connectivity index (χ0n) is 19.9. The molecule has 4 rings (SSSR count). The average Bonchev–Trinajstić information content (AvgIpc) is 3.45. The van der Waals surface area contributed by atoms with E-state index in [1.807, 2.05) is 55.1 Å². The number of carbonyl (C=O) groups is 2. The highest BCUT2D eigenvalue weighted by atomic mass is 32.2. The van der Waals surface area contributed by atoms with Crippen LogP contribution in [0.2, 0.25) is 0 Å². The van der Waals surface area contributed by atoms with Crippen molar-refractivity contribution in [1.82, 2.24) is 19.3 Å². The Morgan fingerprint density at radius 2 is 1.77 bits per heavy atom. The van der Waals surface area contributed by atoms with Gasteiger partial charge >= 0.3 is 5.97 Å². The maximum Gasteiger partial charge on any atom is 0.338 e. The maximum absolute atomic E-state index is 12.6. The molecule has 0 aliphatic carbocycles. The smallest absolute Gasteiger partial charge is 0.338 e. The standard InChI is InChI=1S/C26H27N5O3S/c1-4-34-25(33)19-9-11-20(12-10-19)27-24(32)17-35-26-29-28-23(16-22-6-5-15-30(22)3)31(26)21-13-7-18(2)8-14-21/h5-15H,4,16-17H2,1-3H3,(H,27,32). The Morgan fingerprint density at radius 3 is 2.43 bits per heavy atom. The van der Waals surface area contributed by atoms with Crippen molar-refractivity contribution in [3.63, 3.8) is 0 Å². The van der Waals surface area contributed by atoms with Crippen LogP contribution in [-0.2, 0) is 23.0 Å². The summed E-state index contributed by atoms with van der Waals surface area (Å²) in [5.41, 5.74) is 4.27. The summed E-state index contributed by atoms with van der Waals surface area (Å²) in [6.45, 7) is 4.11. The largest absolute Gasteiger partial charge is 0.462 e. The minimum Gasteiger partial charge on any atom is -0.462 e. The summed E-state index contributed by atoms with van der Waals surface area (Å²) < 4.78 is 9.04. The second-order valence-corrected chi connectivity index (χ2v) is 8.93.